The number of sulfonamides is 1. The number of piperazine rings is 1. The van der Waals surface area contributed by atoms with E-state index >= 15 is 0 Å². The Hall–Kier alpha value is -2.15. The second-order valence-electron chi connectivity index (χ2n) is 9.02. The molecular formula is C24H28F6N2O3S. The molecule has 36 heavy (non-hydrogen) atoms. The van der Waals surface area contributed by atoms with Gasteiger partial charge in [-0.25, -0.2) is 8.42 Å². The minimum absolute atomic E-state index is 0.154. The molecule has 1 heterocycles. The van der Waals surface area contributed by atoms with E-state index < -0.39 is 33.5 Å². The van der Waals surface area contributed by atoms with Crippen molar-refractivity contribution in [2.45, 2.75) is 44.8 Å². The fourth-order valence-electron chi connectivity index (χ4n) is 4.47. The first-order valence-corrected chi connectivity index (χ1v) is 13.1. The van der Waals surface area contributed by atoms with Gasteiger partial charge < -0.3 is 5.11 Å². The van der Waals surface area contributed by atoms with E-state index in [-0.39, 0.29) is 12.0 Å². The first-order valence-electron chi connectivity index (χ1n) is 11.3. The van der Waals surface area contributed by atoms with Crippen LogP contribution >= 0.6 is 0 Å². The van der Waals surface area contributed by atoms with E-state index in [1.807, 2.05) is 12.1 Å². The maximum absolute atomic E-state index is 13.3. The van der Waals surface area contributed by atoms with Gasteiger partial charge >= 0.3 is 12.4 Å². The molecule has 0 radical (unpaired) electrons. The number of aliphatic hydroxyl groups is 1. The number of nitrogens with zero attached hydrogens (tertiary/aromatic N) is 2. The van der Waals surface area contributed by atoms with Crippen molar-refractivity contribution in [3.63, 3.8) is 0 Å². The van der Waals surface area contributed by atoms with Gasteiger partial charge in [-0.15, -0.1) is 0 Å². The van der Waals surface area contributed by atoms with Crippen LogP contribution in [-0.4, -0.2) is 67.5 Å². The van der Waals surface area contributed by atoms with Crippen LogP contribution in [0, 0.1) is 6.92 Å². The van der Waals surface area contributed by atoms with Crippen LogP contribution in [0.1, 0.15) is 29.2 Å². The minimum Gasteiger partial charge on any atom is -0.369 e. The standard InChI is InChI=1S/C24H28F6N2O3S/c1-4-18-14-19(22(33,23(25,26)27)24(28,29)30)6-8-21(18)20-7-5-17(13-16(20)2)15-31-9-11-32(12-10-31)36(3,34)35/h5-8,13-14,33H,4,9-12,15H2,1-3H3. The van der Waals surface area contributed by atoms with Crippen molar-refractivity contribution in [2.75, 3.05) is 32.4 Å². The summed E-state index contributed by atoms with van der Waals surface area (Å²) in [4.78, 5) is 2.11. The molecule has 0 spiro atoms. The number of aryl methyl sites for hydroxylation is 2. The van der Waals surface area contributed by atoms with Crippen molar-refractivity contribution >= 4 is 10.0 Å². The molecule has 1 aliphatic rings. The molecule has 0 aromatic heterocycles. The Morgan fingerprint density at radius 3 is 1.92 bits per heavy atom. The van der Waals surface area contributed by atoms with Crippen molar-refractivity contribution in [3.8, 4) is 11.1 Å². The highest BCUT2D eigenvalue weighted by atomic mass is 32.2. The van der Waals surface area contributed by atoms with Crippen molar-refractivity contribution in [1.29, 1.82) is 0 Å². The summed E-state index contributed by atoms with van der Waals surface area (Å²) in [5.41, 5.74) is -3.13. The van der Waals surface area contributed by atoms with E-state index in [0.29, 0.717) is 49.9 Å². The van der Waals surface area contributed by atoms with Gasteiger partial charge in [0.25, 0.3) is 5.60 Å². The predicted octanol–water partition coefficient (Wildman–Crippen LogP) is 4.61. The van der Waals surface area contributed by atoms with Crippen LogP contribution in [-0.2, 0) is 28.6 Å². The summed E-state index contributed by atoms with van der Waals surface area (Å²) in [6, 6.07) is 8.12. The predicted molar refractivity (Wildman–Crippen MR) is 124 cm³/mol. The van der Waals surface area contributed by atoms with Gasteiger partial charge in [-0.05, 0) is 41.2 Å². The first kappa shape index (κ1) is 28.4. The van der Waals surface area contributed by atoms with Crippen LogP contribution in [0.15, 0.2) is 36.4 Å². The lowest BCUT2D eigenvalue weighted by Crippen LogP contribution is -2.53. The van der Waals surface area contributed by atoms with Gasteiger partial charge in [-0.1, -0.05) is 43.3 Å². The molecule has 2 aromatic carbocycles. The Morgan fingerprint density at radius 2 is 1.44 bits per heavy atom. The van der Waals surface area contributed by atoms with Gasteiger partial charge in [0.15, 0.2) is 0 Å². The molecular weight excluding hydrogens is 510 g/mol. The van der Waals surface area contributed by atoms with Crippen molar-refractivity contribution in [1.82, 2.24) is 9.21 Å². The van der Waals surface area contributed by atoms with Crippen LogP contribution in [0.4, 0.5) is 26.3 Å². The Bertz CT molecular complexity index is 1190. The highest BCUT2D eigenvalue weighted by Gasteiger charge is 2.71. The topological polar surface area (TPSA) is 60.9 Å². The summed E-state index contributed by atoms with van der Waals surface area (Å²) >= 11 is 0. The number of rotatable bonds is 6. The van der Waals surface area contributed by atoms with Crippen molar-refractivity contribution in [2.24, 2.45) is 0 Å². The molecule has 1 aliphatic heterocycles. The average molecular weight is 539 g/mol. The molecule has 2 aromatic rings. The number of halogens is 6. The van der Waals surface area contributed by atoms with Gasteiger partial charge in [0.05, 0.1) is 6.26 Å². The Kier molecular flexibility index (Phi) is 7.86. The smallest absolute Gasteiger partial charge is 0.369 e. The maximum atomic E-state index is 13.3. The fraction of sp³-hybridized carbons (Fsp3) is 0.500. The van der Waals surface area contributed by atoms with Gasteiger partial charge in [-0.3, -0.25) is 4.90 Å². The molecule has 0 saturated carbocycles. The lowest BCUT2D eigenvalue weighted by Gasteiger charge is -2.33. The summed E-state index contributed by atoms with van der Waals surface area (Å²) in [5, 5.41) is 9.75. The molecule has 200 valence electrons. The first-order chi connectivity index (χ1) is 16.5. The molecule has 0 unspecified atom stereocenters. The molecule has 1 fully saturated rings. The van der Waals surface area contributed by atoms with Crippen LogP contribution in [0.5, 0.6) is 0 Å². The van der Waals surface area contributed by atoms with Gasteiger partial charge in [0.2, 0.25) is 10.0 Å². The van der Waals surface area contributed by atoms with Crippen LogP contribution in [0.2, 0.25) is 0 Å². The van der Waals surface area contributed by atoms with Crippen molar-refractivity contribution in [3.05, 3.63) is 58.7 Å². The molecule has 12 heteroatoms. The molecule has 0 amide bonds. The molecule has 0 atom stereocenters. The quantitative estimate of drug-likeness (QED) is 0.546. The van der Waals surface area contributed by atoms with E-state index in [4.69, 9.17) is 0 Å². The maximum Gasteiger partial charge on any atom is 0.430 e. The van der Waals surface area contributed by atoms with Gasteiger partial charge in [-0.2, -0.15) is 30.6 Å². The third kappa shape index (κ3) is 5.56. The third-order valence-electron chi connectivity index (χ3n) is 6.51. The zero-order valence-corrected chi connectivity index (χ0v) is 20.9. The number of hydrogen-bond acceptors (Lipinski definition) is 4. The van der Waals surface area contributed by atoms with E-state index in [1.165, 1.54) is 16.6 Å². The molecule has 0 bridgehead atoms. The van der Waals surface area contributed by atoms with Crippen LogP contribution in [0.25, 0.3) is 11.1 Å². The lowest BCUT2D eigenvalue weighted by molar-refractivity contribution is -0.376. The number of benzene rings is 2. The fourth-order valence-corrected chi connectivity index (χ4v) is 5.29. The third-order valence-corrected chi connectivity index (χ3v) is 7.82. The molecule has 3 rings (SSSR count). The van der Waals surface area contributed by atoms with Crippen LogP contribution < -0.4 is 0 Å². The summed E-state index contributed by atoms with van der Waals surface area (Å²) in [6.45, 7) is 5.91. The van der Waals surface area contributed by atoms with Crippen molar-refractivity contribution < 1.29 is 39.9 Å². The SMILES string of the molecule is CCc1cc(C(O)(C(F)(F)F)C(F)(F)F)ccc1-c1ccc(CN2CCN(S(C)(=O)=O)CC2)cc1C. The summed E-state index contributed by atoms with van der Waals surface area (Å²) in [5.74, 6) is 0. The van der Waals surface area contributed by atoms with E-state index in [0.717, 1.165) is 17.2 Å². The average Bonchev–Trinajstić information content (AvgIpc) is 2.76. The summed E-state index contributed by atoms with van der Waals surface area (Å²) < 4.78 is 105. The largest absolute Gasteiger partial charge is 0.430 e. The molecule has 0 aliphatic carbocycles. The van der Waals surface area contributed by atoms with E-state index in [9.17, 15) is 39.9 Å². The zero-order chi connectivity index (χ0) is 27.1. The zero-order valence-electron chi connectivity index (χ0n) is 20.0. The second-order valence-corrected chi connectivity index (χ2v) is 11.0. The van der Waals surface area contributed by atoms with E-state index in [2.05, 4.69) is 4.90 Å². The number of hydrogen-bond donors (Lipinski definition) is 1. The lowest BCUT2D eigenvalue weighted by atomic mass is 9.86. The normalized spacial score (nSPS) is 16.9. The Balaban J connectivity index is 1.87. The Morgan fingerprint density at radius 1 is 0.889 bits per heavy atom. The van der Waals surface area contributed by atoms with Crippen LogP contribution in [0.3, 0.4) is 0 Å². The number of alkyl halides is 6. The molecule has 1 saturated heterocycles. The minimum atomic E-state index is -5.94. The second kappa shape index (κ2) is 9.96. The molecule has 5 nitrogen and oxygen atoms in total. The Labute approximate surface area is 206 Å². The monoisotopic (exact) mass is 538 g/mol. The highest BCUT2D eigenvalue weighted by molar-refractivity contribution is 7.88. The summed E-state index contributed by atoms with van der Waals surface area (Å²) in [6.07, 6.45) is -10.6. The van der Waals surface area contributed by atoms with E-state index in [1.54, 1.807) is 19.9 Å². The van der Waals surface area contributed by atoms with Gasteiger partial charge in [0.1, 0.15) is 0 Å². The highest BCUT2D eigenvalue weighted by Crippen LogP contribution is 2.50. The van der Waals surface area contributed by atoms with Gasteiger partial charge in [0, 0.05) is 38.3 Å². The summed E-state index contributed by atoms with van der Waals surface area (Å²) in [7, 11) is -3.23. The molecule has 1 N–H and O–H groups in total.